The molecule has 0 heterocycles. The molecular formula is C58H99N3O7. The summed E-state index contributed by atoms with van der Waals surface area (Å²) in [6, 6.07) is 11.6. The molecule has 10 heteroatoms. The number of hydrogen-bond acceptors (Lipinski definition) is 7. The Balaban J connectivity index is 2.16. The second-order valence-electron chi connectivity index (χ2n) is 19.9. The predicted octanol–water partition coefficient (Wildman–Crippen LogP) is 15.7. The van der Waals surface area contributed by atoms with E-state index in [9.17, 15) is 14.4 Å². The van der Waals surface area contributed by atoms with Crippen LogP contribution in [0.2, 0.25) is 0 Å². The van der Waals surface area contributed by atoms with Crippen molar-refractivity contribution in [2.45, 2.75) is 246 Å². The van der Waals surface area contributed by atoms with Gasteiger partial charge in [0.1, 0.15) is 11.6 Å². The van der Waals surface area contributed by atoms with Crippen LogP contribution in [0.3, 0.4) is 0 Å². The van der Waals surface area contributed by atoms with Crippen molar-refractivity contribution in [3.05, 3.63) is 53.6 Å². The van der Waals surface area contributed by atoms with E-state index < -0.39 is 23.6 Å². The maximum Gasteiger partial charge on any atom is 0.408 e. The molecule has 0 aliphatic rings. The number of ether oxygens (including phenoxy) is 4. The Hall–Kier alpha value is -3.95. The van der Waals surface area contributed by atoms with Crippen LogP contribution in [0.15, 0.2) is 42.5 Å². The van der Waals surface area contributed by atoms with Crippen LogP contribution in [0.4, 0.5) is 4.79 Å². The average molecular weight is 950 g/mol. The lowest BCUT2D eigenvalue weighted by Gasteiger charge is -2.23. The first kappa shape index (κ1) is 60.2. The van der Waals surface area contributed by atoms with E-state index in [0.29, 0.717) is 48.2 Å². The molecule has 0 saturated carbocycles. The van der Waals surface area contributed by atoms with Crippen LogP contribution in [0, 0.1) is 0 Å². The first-order valence-electron chi connectivity index (χ1n) is 27.8. The van der Waals surface area contributed by atoms with Gasteiger partial charge in [0, 0.05) is 18.7 Å². The van der Waals surface area contributed by atoms with E-state index in [-0.39, 0.29) is 19.0 Å². The van der Waals surface area contributed by atoms with Crippen molar-refractivity contribution in [3.63, 3.8) is 0 Å². The third-order valence-electron chi connectivity index (χ3n) is 12.3. The summed E-state index contributed by atoms with van der Waals surface area (Å²) in [5, 5.41) is 8.56. The Morgan fingerprint density at radius 1 is 0.485 bits per heavy atom. The molecule has 0 unspecified atom stereocenters. The highest BCUT2D eigenvalue weighted by atomic mass is 16.6. The monoisotopic (exact) mass is 950 g/mol. The molecule has 3 amide bonds. The zero-order valence-electron chi connectivity index (χ0n) is 44.2. The zero-order valence-corrected chi connectivity index (χ0v) is 44.2. The quantitative estimate of drug-likeness (QED) is 0.0566. The summed E-state index contributed by atoms with van der Waals surface area (Å²) < 4.78 is 25.0. The molecule has 0 spiro atoms. The molecule has 0 aliphatic heterocycles. The lowest BCUT2D eigenvalue weighted by molar-refractivity contribution is -0.123. The minimum Gasteiger partial charge on any atom is -0.490 e. The summed E-state index contributed by atoms with van der Waals surface area (Å²) in [5.41, 5.74) is 0.303. The van der Waals surface area contributed by atoms with Gasteiger partial charge in [-0.2, -0.15) is 0 Å². The molecule has 1 atom stereocenters. The molecule has 0 bridgehead atoms. The van der Waals surface area contributed by atoms with Gasteiger partial charge in [-0.1, -0.05) is 224 Å². The van der Waals surface area contributed by atoms with Crippen molar-refractivity contribution in [1.82, 2.24) is 16.0 Å². The molecule has 0 aromatic heterocycles. The highest BCUT2D eigenvalue weighted by Crippen LogP contribution is 2.40. The number of hydrogen-bond donors (Lipinski definition) is 3. The number of alkyl carbamates (subject to hydrolysis) is 1. The second kappa shape index (κ2) is 39.8. The molecule has 0 saturated heterocycles. The number of amides is 3. The standard InChI is InChI=1S/C58H99N3O7/c1-7-10-13-16-19-22-25-28-31-37-44-65-51-47-50(55(62)59-42-43-60-56(63)53(49-40-35-34-36-41-49)61-57(64)68-58(4,5)6)48-52(66-45-38-32-29-26-23-20-17-14-11-8-2)54(51)67-46-39-33-30-27-24-21-18-15-12-9-3/h34-36,40-41,47-48,53H,7-33,37-39,42-46H2,1-6H3,(H,59,62)(H,60,63)(H,61,64)/t53-/m0/s1. The second-order valence-corrected chi connectivity index (χ2v) is 19.9. The van der Waals surface area contributed by atoms with Gasteiger partial charge in [0.2, 0.25) is 11.7 Å². The van der Waals surface area contributed by atoms with E-state index in [1.165, 1.54) is 154 Å². The summed E-state index contributed by atoms with van der Waals surface area (Å²) in [6.07, 6.45) is 36.5. The predicted molar refractivity (Wildman–Crippen MR) is 282 cm³/mol. The Bertz CT molecular complexity index is 1520. The lowest BCUT2D eigenvalue weighted by Crippen LogP contribution is -2.44. The number of rotatable bonds is 43. The first-order chi connectivity index (χ1) is 33.1. The van der Waals surface area contributed by atoms with Crippen LogP contribution in [0.1, 0.15) is 256 Å². The number of unbranched alkanes of at least 4 members (excludes halogenated alkanes) is 27. The van der Waals surface area contributed by atoms with E-state index in [2.05, 4.69) is 36.7 Å². The zero-order chi connectivity index (χ0) is 49.3. The Kier molecular flexibility index (Phi) is 35.3. The summed E-state index contributed by atoms with van der Waals surface area (Å²) in [7, 11) is 0. The van der Waals surface area contributed by atoms with E-state index >= 15 is 0 Å². The molecule has 0 radical (unpaired) electrons. The summed E-state index contributed by atoms with van der Waals surface area (Å²) in [6.45, 7) is 14.0. The van der Waals surface area contributed by atoms with Crippen molar-refractivity contribution >= 4 is 17.9 Å². The number of nitrogens with one attached hydrogen (secondary N) is 3. The summed E-state index contributed by atoms with van der Waals surface area (Å²) >= 11 is 0. The van der Waals surface area contributed by atoms with E-state index in [1.54, 1.807) is 45.0 Å². The smallest absolute Gasteiger partial charge is 0.408 e. The van der Waals surface area contributed by atoms with Gasteiger partial charge in [-0.15, -0.1) is 0 Å². The van der Waals surface area contributed by atoms with E-state index in [0.717, 1.165) is 38.5 Å². The molecule has 10 nitrogen and oxygen atoms in total. The topological polar surface area (TPSA) is 124 Å². The van der Waals surface area contributed by atoms with Gasteiger partial charge in [-0.3, -0.25) is 9.59 Å². The molecule has 68 heavy (non-hydrogen) atoms. The maximum atomic E-state index is 13.9. The van der Waals surface area contributed by atoms with Gasteiger partial charge in [-0.25, -0.2) is 4.79 Å². The van der Waals surface area contributed by atoms with Crippen molar-refractivity contribution in [2.24, 2.45) is 0 Å². The fraction of sp³-hybridized carbons (Fsp3) is 0.741. The molecule has 2 aromatic carbocycles. The van der Waals surface area contributed by atoms with Gasteiger partial charge in [-0.05, 0) is 57.7 Å². The minimum absolute atomic E-state index is 0.147. The van der Waals surface area contributed by atoms with Crippen molar-refractivity contribution in [2.75, 3.05) is 32.9 Å². The van der Waals surface area contributed by atoms with Gasteiger partial charge >= 0.3 is 6.09 Å². The number of benzene rings is 2. The Labute approximate surface area is 415 Å². The number of carbonyl (C=O) groups excluding carboxylic acids is 3. The average Bonchev–Trinajstić information content (AvgIpc) is 3.32. The molecule has 0 aliphatic carbocycles. The third-order valence-corrected chi connectivity index (χ3v) is 12.3. The largest absolute Gasteiger partial charge is 0.490 e. The molecular weight excluding hydrogens is 851 g/mol. The minimum atomic E-state index is -0.972. The highest BCUT2D eigenvalue weighted by molar-refractivity contribution is 5.95. The van der Waals surface area contributed by atoms with E-state index in [1.807, 2.05) is 18.2 Å². The molecule has 2 rings (SSSR count). The van der Waals surface area contributed by atoms with Crippen LogP contribution < -0.4 is 30.2 Å². The van der Waals surface area contributed by atoms with Crippen LogP contribution in [0.25, 0.3) is 0 Å². The summed E-state index contributed by atoms with van der Waals surface area (Å²) in [4.78, 5) is 40.0. The normalized spacial score (nSPS) is 11.8. The van der Waals surface area contributed by atoms with Crippen LogP contribution >= 0.6 is 0 Å². The van der Waals surface area contributed by atoms with Crippen molar-refractivity contribution in [3.8, 4) is 17.2 Å². The molecule has 0 fully saturated rings. The van der Waals surface area contributed by atoms with Gasteiger partial charge in [0.25, 0.3) is 5.91 Å². The molecule has 388 valence electrons. The number of carbonyl (C=O) groups is 3. The van der Waals surface area contributed by atoms with Gasteiger partial charge < -0.3 is 34.9 Å². The molecule has 3 N–H and O–H groups in total. The summed E-state index contributed by atoms with van der Waals surface area (Å²) in [5.74, 6) is 0.926. The Morgan fingerprint density at radius 2 is 0.853 bits per heavy atom. The van der Waals surface area contributed by atoms with Crippen LogP contribution in [-0.4, -0.2) is 56.4 Å². The first-order valence-corrected chi connectivity index (χ1v) is 27.8. The lowest BCUT2D eigenvalue weighted by atomic mass is 10.1. The van der Waals surface area contributed by atoms with Gasteiger partial charge in [0.15, 0.2) is 11.5 Å². The van der Waals surface area contributed by atoms with Crippen LogP contribution in [0.5, 0.6) is 17.2 Å². The maximum absolute atomic E-state index is 13.9. The van der Waals surface area contributed by atoms with Crippen molar-refractivity contribution in [1.29, 1.82) is 0 Å². The van der Waals surface area contributed by atoms with Crippen LogP contribution in [-0.2, 0) is 9.53 Å². The fourth-order valence-corrected chi connectivity index (χ4v) is 8.31. The third kappa shape index (κ3) is 30.5. The molecule has 2 aromatic rings. The van der Waals surface area contributed by atoms with E-state index in [4.69, 9.17) is 18.9 Å². The fourth-order valence-electron chi connectivity index (χ4n) is 8.31. The van der Waals surface area contributed by atoms with Gasteiger partial charge in [0.05, 0.1) is 19.8 Å². The highest BCUT2D eigenvalue weighted by Gasteiger charge is 2.26. The van der Waals surface area contributed by atoms with Crippen molar-refractivity contribution < 1.29 is 33.3 Å². The Morgan fingerprint density at radius 3 is 1.25 bits per heavy atom. The SMILES string of the molecule is CCCCCCCCCCCCOc1cc(C(=O)NCCNC(=O)[C@@H](NC(=O)OC(C)(C)C)c2ccccc2)cc(OCCCCCCCCCCCC)c1OCCCCCCCCCCCC.